The molecule has 0 saturated carbocycles. The molecule has 0 aliphatic rings. The fourth-order valence-corrected chi connectivity index (χ4v) is 0. The van der Waals surface area contributed by atoms with Crippen LogP contribution in [0.3, 0.4) is 0 Å². The van der Waals surface area contributed by atoms with Crippen LogP contribution in [0.2, 0.25) is 0 Å². The van der Waals surface area contributed by atoms with E-state index in [0.29, 0.717) is 0 Å². The molecule has 0 aliphatic carbocycles. The van der Waals surface area contributed by atoms with E-state index in [1.54, 1.807) is 0 Å². The molecule has 0 bridgehead atoms. The molecule has 0 aromatic heterocycles. The maximum Gasteiger partial charge on any atom is 2.00 e. The molecule has 0 fully saturated rings. The summed E-state index contributed by atoms with van der Waals surface area (Å²) >= 11 is 0. The van der Waals surface area contributed by atoms with Gasteiger partial charge in [-0.25, -0.2) is 0 Å². The van der Waals surface area contributed by atoms with Crippen molar-refractivity contribution in [2.45, 2.75) is 0 Å². The Hall–Kier alpha value is 2.27. The van der Waals surface area contributed by atoms with Gasteiger partial charge in [-0.15, -0.1) is 0 Å². The van der Waals surface area contributed by atoms with E-state index in [2.05, 4.69) is 0 Å². The Kier molecular flexibility index (Phi) is 14.7. The second-order valence-corrected chi connectivity index (χ2v) is 1.22. The van der Waals surface area contributed by atoms with Gasteiger partial charge >= 0.3 is 74.4 Å². The minimum atomic E-state index is -5.17. The van der Waals surface area contributed by atoms with E-state index in [4.69, 9.17) is 17.5 Å². The Bertz CT molecular complexity index is 94.9. The fraction of sp³-hybridized carbons (Fsp3) is 0. The predicted molar refractivity (Wildman–Crippen MR) is 23.4 cm³/mol. The summed E-state index contributed by atoms with van der Waals surface area (Å²) in [4.78, 5) is 0. The van der Waals surface area contributed by atoms with Gasteiger partial charge in [-0.3, -0.25) is 8.42 Å². The van der Waals surface area contributed by atoms with Crippen LogP contribution in [0.4, 0.5) is 0 Å². The SMILES string of the molecule is O=S(=O)([O-])[O-].[KH].[Mg+2]. The van der Waals surface area contributed by atoms with Gasteiger partial charge in [0.15, 0.2) is 0 Å². The second kappa shape index (κ2) is 6.39. The Labute approximate surface area is 100 Å². The molecule has 0 amide bonds. The zero-order chi connectivity index (χ0) is 4.50. The van der Waals surface area contributed by atoms with Crippen molar-refractivity contribution in [3.8, 4) is 0 Å². The van der Waals surface area contributed by atoms with Gasteiger partial charge in [0.2, 0.25) is 0 Å². The summed E-state index contributed by atoms with van der Waals surface area (Å²) in [5.74, 6) is 0. The molecule has 0 aromatic rings. The van der Waals surface area contributed by atoms with Crippen LogP contribution in [0.1, 0.15) is 0 Å². The van der Waals surface area contributed by atoms with Gasteiger partial charge in [-0.1, -0.05) is 0 Å². The van der Waals surface area contributed by atoms with Crippen molar-refractivity contribution in [3.05, 3.63) is 0 Å². The fourth-order valence-electron chi connectivity index (χ4n) is 0. The van der Waals surface area contributed by atoms with E-state index in [1.165, 1.54) is 0 Å². The summed E-state index contributed by atoms with van der Waals surface area (Å²) in [6.45, 7) is 0. The van der Waals surface area contributed by atoms with Gasteiger partial charge in [0, 0.05) is 10.4 Å². The topological polar surface area (TPSA) is 80.3 Å². The van der Waals surface area contributed by atoms with Crippen LogP contribution in [-0.2, 0) is 10.4 Å². The first-order valence-electron chi connectivity index (χ1n) is 0.667. The van der Waals surface area contributed by atoms with E-state index in [0.717, 1.165) is 0 Å². The molecule has 0 aliphatic heterocycles. The van der Waals surface area contributed by atoms with Crippen LogP contribution in [0.15, 0.2) is 0 Å². The first-order chi connectivity index (χ1) is 2.00. The zero-order valence-electron chi connectivity index (χ0n) is 2.75. The molecule has 0 aromatic carbocycles. The van der Waals surface area contributed by atoms with Crippen molar-refractivity contribution in [1.82, 2.24) is 0 Å². The first kappa shape index (κ1) is 16.1. The molecule has 0 radical (unpaired) electrons. The van der Waals surface area contributed by atoms with Gasteiger partial charge in [-0.2, -0.15) is 0 Å². The third kappa shape index (κ3) is 63.0. The Balaban J connectivity index is -0.0000000800. The van der Waals surface area contributed by atoms with Crippen LogP contribution in [0.25, 0.3) is 0 Å². The maximum absolute atomic E-state index is 8.52. The van der Waals surface area contributed by atoms with E-state index in [-0.39, 0.29) is 74.4 Å². The minimum absolute atomic E-state index is 0. The predicted octanol–water partition coefficient (Wildman–Crippen LogP) is -2.37. The van der Waals surface area contributed by atoms with Crippen LogP contribution < -0.4 is 0 Å². The van der Waals surface area contributed by atoms with Gasteiger partial charge in [0.05, 0.1) is 0 Å². The third-order valence-corrected chi connectivity index (χ3v) is 0. The molecule has 0 atom stereocenters. The molecule has 4 nitrogen and oxygen atoms in total. The van der Waals surface area contributed by atoms with Crippen molar-refractivity contribution in [2.24, 2.45) is 0 Å². The van der Waals surface area contributed by atoms with Gasteiger partial charge < -0.3 is 9.11 Å². The van der Waals surface area contributed by atoms with Gasteiger partial charge in [-0.05, 0) is 0 Å². The quantitative estimate of drug-likeness (QED) is 0.225. The largest absolute Gasteiger partial charge is 2.00 e. The Morgan fingerprint density at radius 2 is 1.14 bits per heavy atom. The first-order valence-corrected chi connectivity index (χ1v) is 2.00. The number of rotatable bonds is 0. The van der Waals surface area contributed by atoms with Crippen molar-refractivity contribution in [1.29, 1.82) is 0 Å². The van der Waals surface area contributed by atoms with E-state index in [9.17, 15) is 0 Å². The molecular formula is HKMgO4S. The van der Waals surface area contributed by atoms with Crippen LogP contribution in [-0.4, -0.2) is 92.0 Å². The van der Waals surface area contributed by atoms with E-state index in [1.807, 2.05) is 0 Å². The number of hydrogen-bond acceptors (Lipinski definition) is 4. The second-order valence-electron chi connectivity index (χ2n) is 0.408. The molecule has 7 heavy (non-hydrogen) atoms. The van der Waals surface area contributed by atoms with Crippen LogP contribution in [0.5, 0.6) is 0 Å². The molecular weight excluding hydrogens is 159 g/mol. The summed E-state index contributed by atoms with van der Waals surface area (Å²) in [5.41, 5.74) is 0. The normalized spacial score (nSPS) is 8.29. The molecule has 0 heterocycles. The average molecular weight is 160 g/mol. The summed E-state index contributed by atoms with van der Waals surface area (Å²) in [6, 6.07) is 0. The molecule has 0 saturated heterocycles. The van der Waals surface area contributed by atoms with Gasteiger partial charge in [0.25, 0.3) is 0 Å². The Morgan fingerprint density at radius 3 is 1.14 bits per heavy atom. The molecule has 0 N–H and O–H groups in total. The average Bonchev–Trinajstić information content (AvgIpc) is 0.722. The van der Waals surface area contributed by atoms with Crippen LogP contribution in [0, 0.1) is 0 Å². The van der Waals surface area contributed by atoms with Crippen molar-refractivity contribution in [2.75, 3.05) is 0 Å². The van der Waals surface area contributed by atoms with E-state index < -0.39 is 10.4 Å². The zero-order valence-corrected chi connectivity index (χ0v) is 4.98. The standard InChI is InChI=1S/K.Mg.H2O4S.H/c;;1-5(2,3)4;/h;;(H2,1,2,3,4);/q;+2;;/p-2. The summed E-state index contributed by atoms with van der Waals surface area (Å²) in [7, 11) is -5.17. The summed E-state index contributed by atoms with van der Waals surface area (Å²) in [6.07, 6.45) is 0. The maximum atomic E-state index is 8.52. The van der Waals surface area contributed by atoms with Gasteiger partial charge in [0.1, 0.15) is 0 Å². The molecule has 0 rings (SSSR count). The van der Waals surface area contributed by atoms with Crippen molar-refractivity contribution < 1.29 is 17.5 Å². The summed E-state index contributed by atoms with van der Waals surface area (Å²) in [5, 5.41) is 0. The molecule has 0 spiro atoms. The monoisotopic (exact) mass is 160 g/mol. The smallest absolute Gasteiger partial charge is 2.00 e. The molecule has 34 valence electrons. The van der Waals surface area contributed by atoms with Crippen molar-refractivity contribution >= 4 is 84.8 Å². The molecule has 0 unspecified atom stereocenters. The molecule has 7 heteroatoms. The minimum Gasteiger partial charge on any atom is 2.00 e. The van der Waals surface area contributed by atoms with Crippen molar-refractivity contribution in [3.63, 3.8) is 0 Å². The third-order valence-electron chi connectivity index (χ3n) is 0. The number of hydrogen-bond donors (Lipinski definition) is 0. The summed E-state index contributed by atoms with van der Waals surface area (Å²) < 4.78 is 34.1. The Morgan fingerprint density at radius 1 is 1.14 bits per heavy atom. The van der Waals surface area contributed by atoms with E-state index >= 15 is 0 Å². The van der Waals surface area contributed by atoms with Crippen LogP contribution >= 0.6 is 0 Å².